The Morgan fingerprint density at radius 2 is 1.23 bits per heavy atom. The van der Waals surface area contributed by atoms with Gasteiger partial charge in [-0.2, -0.15) is 10.5 Å². The predicted octanol–water partition coefficient (Wildman–Crippen LogP) is 6.20. The van der Waals surface area contributed by atoms with Crippen LogP contribution in [0.25, 0.3) is 0 Å². The van der Waals surface area contributed by atoms with Crippen molar-refractivity contribution in [2.45, 2.75) is 139 Å². The van der Waals surface area contributed by atoms with Crippen molar-refractivity contribution >= 4 is 5.78 Å². The molecule has 1 aliphatic carbocycles. The highest BCUT2D eigenvalue weighted by atomic mass is 16.7. The monoisotopic (exact) mass is 1110 g/mol. The molecule has 0 radical (unpaired) electrons. The van der Waals surface area contributed by atoms with E-state index in [0.29, 0.717) is 72.7 Å². The molecule has 11 atom stereocenters. The highest BCUT2D eigenvalue weighted by Gasteiger charge is 2.65. The van der Waals surface area contributed by atoms with E-state index < -0.39 is 48.2 Å². The average molecular weight is 1110 g/mol. The van der Waals surface area contributed by atoms with Gasteiger partial charge in [-0.1, -0.05) is 50.8 Å². The first-order valence-corrected chi connectivity index (χ1v) is 28.1. The van der Waals surface area contributed by atoms with Gasteiger partial charge in [0.15, 0.2) is 57.4 Å². The number of carbonyl (C=O) groups is 1. The number of hydrogen-bond acceptors (Lipinski definition) is 19. The van der Waals surface area contributed by atoms with E-state index in [-0.39, 0.29) is 74.6 Å². The zero-order valence-corrected chi connectivity index (χ0v) is 47.8. The maximum Gasteiger partial charge on any atom is 0.231 e. The number of nitriles is 2. The van der Waals surface area contributed by atoms with Crippen LogP contribution in [0.5, 0.6) is 40.2 Å². The summed E-state index contributed by atoms with van der Waals surface area (Å²) >= 11 is 0. The van der Waals surface area contributed by atoms with Crippen molar-refractivity contribution in [2.24, 2.45) is 0 Å². The van der Waals surface area contributed by atoms with Crippen molar-refractivity contribution in [3.63, 3.8) is 0 Å². The molecule has 0 aromatic heterocycles. The zero-order valence-electron chi connectivity index (χ0n) is 47.8. The molecule has 3 aromatic rings. The van der Waals surface area contributed by atoms with Gasteiger partial charge in [-0.25, -0.2) is 0 Å². The lowest BCUT2D eigenvalue weighted by molar-refractivity contribution is -0.150. The topological polar surface area (TPSA) is 221 Å². The second-order valence-corrected chi connectivity index (χ2v) is 22.6. The number of hydrogen-bond donors (Lipinski definition) is 3. The minimum atomic E-state index is -1.92. The summed E-state index contributed by atoms with van der Waals surface area (Å²) < 4.78 is 54.1. The number of benzene rings is 3. The molecule has 8 heterocycles. The van der Waals surface area contributed by atoms with Crippen LogP contribution in [0.15, 0.2) is 60.1 Å². The standard InChI is InChI=1S/C33H41N3O6.C29H33N3O7/c1-7-9-11-40-30-19(4)31-33(42-17-41-31)27-21(30)14-23-28-26-20(12-18(3)29(38-6)32(26)39-10-8-2)13-22(35(28)5)24(15-34)36(23)25(27)16-37;1-6-7-37-26-21-16(8-14(2)24(26)36-5)9-17-19(11-30)32-18(23(21)31(17)4)10-29(35)22(20(32)12-33)27-25(38-13-39-27)15(3)28(29)34/h8,12,22-25,28,37H,2,7,9-11,13-14,16-17H2,1,3-6H3;6,8,17-20,23,33,35H,1,7,9-10,12-13H2,2-5H3/t22-,23-,24-,25-,28?;17-,18-,19-,20-,23?,29?/m00/s1. The number of nitrogens with zero attached hydrogens (tertiary/aromatic N) is 6. The van der Waals surface area contributed by atoms with Crippen molar-refractivity contribution in [2.75, 3.05) is 74.9 Å². The Bertz CT molecular complexity index is 3230. The fourth-order valence-electron chi connectivity index (χ4n) is 15.4. The molecule has 12 rings (SSSR count). The summed E-state index contributed by atoms with van der Waals surface area (Å²) in [6.45, 7) is 18.1. The Balaban J connectivity index is 0.000000171. The number of carbonyl (C=O) groups excluding carboxylic acids is 1. The molecule has 430 valence electrons. The number of ether oxygens (including phenoxy) is 9. The van der Waals surface area contributed by atoms with E-state index in [0.717, 1.165) is 68.8 Å². The zero-order chi connectivity index (χ0) is 57.5. The van der Waals surface area contributed by atoms with Gasteiger partial charge in [0.2, 0.25) is 13.6 Å². The van der Waals surface area contributed by atoms with E-state index in [2.05, 4.69) is 66.1 Å². The molecule has 9 aliphatic rings. The normalized spacial score (nSPS) is 29.3. The third-order valence-corrected chi connectivity index (χ3v) is 18.6. The molecule has 19 heteroatoms. The minimum Gasteiger partial charge on any atom is -0.493 e. The van der Waals surface area contributed by atoms with Crippen LogP contribution in [0, 0.1) is 43.4 Å². The lowest BCUT2D eigenvalue weighted by Gasteiger charge is -2.62. The van der Waals surface area contributed by atoms with E-state index >= 15 is 0 Å². The van der Waals surface area contributed by atoms with Crippen LogP contribution in [-0.2, 0) is 33.5 Å². The van der Waals surface area contributed by atoms with E-state index in [1.165, 1.54) is 5.56 Å². The van der Waals surface area contributed by atoms with Crippen LogP contribution in [0.3, 0.4) is 0 Å². The maximum atomic E-state index is 13.8. The molecule has 3 N–H and O–H groups in total. The Morgan fingerprint density at radius 3 is 1.77 bits per heavy atom. The van der Waals surface area contributed by atoms with Gasteiger partial charge in [-0.05, 0) is 89.7 Å². The fourth-order valence-corrected chi connectivity index (χ4v) is 15.4. The number of likely N-dealkylation sites (N-methyl/N-ethyl adjacent to an activating group) is 2. The lowest BCUT2D eigenvalue weighted by atomic mass is 9.65. The largest absolute Gasteiger partial charge is 0.493 e. The lowest BCUT2D eigenvalue weighted by Crippen LogP contribution is -2.74. The number of ketones is 1. The molecule has 4 saturated heterocycles. The molecule has 0 amide bonds. The third-order valence-electron chi connectivity index (χ3n) is 18.6. The number of methoxy groups -OCH3 is 2. The van der Waals surface area contributed by atoms with Crippen molar-refractivity contribution < 1.29 is 62.7 Å². The Labute approximate surface area is 473 Å². The molecule has 8 aliphatic heterocycles. The molecule has 0 spiro atoms. The second kappa shape index (κ2) is 21.8. The molecule has 19 nitrogen and oxygen atoms in total. The van der Waals surface area contributed by atoms with Gasteiger partial charge in [0, 0.05) is 69.6 Å². The van der Waals surface area contributed by atoms with Crippen molar-refractivity contribution in [3.05, 3.63) is 110 Å². The molecular formula is C62H74N6O13. The van der Waals surface area contributed by atoms with Gasteiger partial charge in [0.25, 0.3) is 0 Å². The number of unbranched alkanes of at least 4 members (excludes halogenated alkanes) is 1. The highest BCUT2D eigenvalue weighted by Crippen LogP contribution is 2.60. The van der Waals surface area contributed by atoms with Crippen LogP contribution in [0.4, 0.5) is 0 Å². The van der Waals surface area contributed by atoms with E-state index in [4.69, 9.17) is 42.6 Å². The summed E-state index contributed by atoms with van der Waals surface area (Å²) in [7, 11) is 7.35. The van der Waals surface area contributed by atoms with Gasteiger partial charge in [-0.15, -0.1) is 0 Å². The molecule has 4 bridgehead atoms. The molecule has 3 unspecified atom stereocenters. The first kappa shape index (κ1) is 56.1. The van der Waals surface area contributed by atoms with Crippen LogP contribution < -0.4 is 33.2 Å². The van der Waals surface area contributed by atoms with Crippen LogP contribution in [0.1, 0.15) is 101 Å². The molecule has 81 heavy (non-hydrogen) atoms. The quantitative estimate of drug-likeness (QED) is 0.121. The van der Waals surface area contributed by atoms with E-state index in [1.54, 1.807) is 33.3 Å². The molecule has 0 saturated carbocycles. The Morgan fingerprint density at radius 1 is 0.704 bits per heavy atom. The first-order chi connectivity index (χ1) is 39.1. The number of aliphatic hydroxyl groups excluding tert-OH is 2. The number of piperazine rings is 2. The molecular weight excluding hydrogens is 1040 g/mol. The fraction of sp³-hybridized carbons (Fsp3) is 0.532. The Kier molecular flexibility index (Phi) is 15.1. The summed E-state index contributed by atoms with van der Waals surface area (Å²) in [6, 6.07) is 5.63. The average Bonchev–Trinajstić information content (AvgIpc) is 2.17. The van der Waals surface area contributed by atoms with Crippen molar-refractivity contribution in [1.82, 2.24) is 19.6 Å². The van der Waals surface area contributed by atoms with Gasteiger partial charge in [0.1, 0.15) is 31.0 Å². The SMILES string of the molecule is C=CCOc1c(OC)c(C)cc2c1C1[C@@H]3CC4(O)C(=O)C(C)=C5OCOC5=C4[C@H](CO)N3[C@@H](C#N)[C@H](C2)N1C.C=CCOc1c(OC)c(C)cc2c1C1[C@@H]3Cc4c(OCCCC)c(C)c5c(c4[C@H](CO)N3[C@@H](C#N)[C@H](C2)N1C)OCO5. The molecule has 4 fully saturated rings. The second-order valence-electron chi connectivity index (χ2n) is 22.6. The third kappa shape index (κ3) is 8.32. The first-order valence-electron chi connectivity index (χ1n) is 28.1. The van der Waals surface area contributed by atoms with Gasteiger partial charge in [0.05, 0.1) is 70.3 Å². The predicted molar refractivity (Wildman–Crippen MR) is 296 cm³/mol. The maximum absolute atomic E-state index is 13.8. The number of aliphatic hydroxyl groups is 3. The van der Waals surface area contributed by atoms with Crippen molar-refractivity contribution in [1.29, 1.82) is 10.5 Å². The number of piperidine rings is 1. The van der Waals surface area contributed by atoms with Crippen LogP contribution >= 0.6 is 0 Å². The highest BCUT2D eigenvalue weighted by molar-refractivity contribution is 6.06. The summed E-state index contributed by atoms with van der Waals surface area (Å²) in [6.07, 6.45) is 7.24. The Hall–Kier alpha value is -6.81. The van der Waals surface area contributed by atoms with Gasteiger partial charge in [-0.3, -0.25) is 24.4 Å². The summed E-state index contributed by atoms with van der Waals surface area (Å²) in [5.74, 6) is 4.91. The number of fused-ring (bicyclic) bond motifs is 17. The summed E-state index contributed by atoms with van der Waals surface area (Å²) in [5, 5.41) is 55.2. The number of rotatable bonds is 14. The number of aryl methyl sites for hydroxylation is 2. The summed E-state index contributed by atoms with van der Waals surface area (Å²) in [4.78, 5) is 22.5. The minimum absolute atomic E-state index is 0.00554. The van der Waals surface area contributed by atoms with Gasteiger partial charge >= 0.3 is 0 Å². The van der Waals surface area contributed by atoms with Crippen molar-refractivity contribution in [3.8, 4) is 52.4 Å². The smallest absolute Gasteiger partial charge is 0.231 e. The van der Waals surface area contributed by atoms with E-state index in [9.17, 15) is 30.6 Å². The van der Waals surface area contributed by atoms with E-state index in [1.807, 2.05) is 32.7 Å². The van der Waals surface area contributed by atoms with Crippen LogP contribution in [-0.4, -0.2) is 164 Å². The molecule has 3 aromatic carbocycles. The summed E-state index contributed by atoms with van der Waals surface area (Å²) in [5.41, 5.74) is 7.57. The van der Waals surface area contributed by atoms with Gasteiger partial charge < -0.3 is 58.0 Å². The number of Topliss-reactive ketones (excluding diaryl/α,β-unsaturated/α-hetero) is 1. The van der Waals surface area contributed by atoms with Crippen LogP contribution in [0.2, 0.25) is 0 Å².